The van der Waals surface area contributed by atoms with Crippen LogP contribution in [0.1, 0.15) is 22.4 Å². The molecule has 1 aromatic heterocycles. The number of alkyl halides is 2. The number of hydrogen-bond donors (Lipinski definition) is 0. The van der Waals surface area contributed by atoms with E-state index >= 15 is 0 Å². The molecular weight excluding hydrogens is 198 g/mol. The van der Waals surface area contributed by atoms with Crippen molar-refractivity contribution >= 4 is 11.3 Å². The van der Waals surface area contributed by atoms with Gasteiger partial charge in [0.05, 0.1) is 12.1 Å². The van der Waals surface area contributed by atoms with Crippen molar-refractivity contribution in [3.05, 3.63) is 10.0 Å². The molecule has 66 valence electrons. The first-order valence-corrected chi connectivity index (χ1v) is 3.91. The molecule has 0 aliphatic carbocycles. The number of halogens is 2. The highest BCUT2D eigenvalue weighted by Crippen LogP contribution is 2.26. The second-order valence-electron chi connectivity index (χ2n) is 1.97. The zero-order valence-corrected chi connectivity index (χ0v) is 6.92. The Morgan fingerprint density at radius 3 is 2.08 bits per heavy atom. The van der Waals surface area contributed by atoms with Crippen LogP contribution in [0.25, 0.3) is 0 Å². The summed E-state index contributed by atoms with van der Waals surface area (Å²) in [7, 11) is 0. The molecule has 0 atom stereocenters. The summed E-state index contributed by atoms with van der Waals surface area (Å²) in [5.41, 5.74) is 0. The minimum absolute atomic E-state index is 0.0142. The zero-order valence-electron chi connectivity index (χ0n) is 6.11. The lowest BCUT2D eigenvalue weighted by Crippen LogP contribution is -1.89. The number of hydrogen-bond acceptors (Lipinski definition) is 5. The molecule has 0 amide bonds. The third-order valence-corrected chi connectivity index (χ3v) is 2.14. The van der Waals surface area contributed by atoms with Gasteiger partial charge in [-0.15, -0.1) is 10.2 Å². The summed E-state index contributed by atoms with van der Waals surface area (Å²) in [5, 5.41) is 22.8. The third kappa shape index (κ3) is 1.95. The van der Waals surface area contributed by atoms with Crippen LogP contribution in [0.15, 0.2) is 0 Å². The van der Waals surface area contributed by atoms with Crippen molar-refractivity contribution in [2.24, 2.45) is 0 Å². The first kappa shape index (κ1) is 9.49. The Kier molecular flexibility index (Phi) is 2.83. The van der Waals surface area contributed by atoms with Gasteiger partial charge in [0.25, 0.3) is 6.43 Å². The summed E-state index contributed by atoms with van der Waals surface area (Å²) in [4.78, 5) is 0. The molecule has 0 aliphatic heterocycles. The molecule has 0 N–H and O–H groups in total. The summed E-state index contributed by atoms with van der Waals surface area (Å²) in [6, 6.07) is 3.24. The SMILES string of the molecule is N#CC(C#N)c1nnc(C(F)F)s1. The lowest BCUT2D eigenvalue weighted by atomic mass is 10.2. The van der Waals surface area contributed by atoms with Gasteiger partial charge < -0.3 is 0 Å². The fraction of sp³-hybridized carbons (Fsp3) is 0.333. The molecule has 4 nitrogen and oxygen atoms in total. The summed E-state index contributed by atoms with van der Waals surface area (Å²) in [6.45, 7) is 0. The van der Waals surface area contributed by atoms with E-state index in [4.69, 9.17) is 10.5 Å². The minimum Gasteiger partial charge on any atom is -0.202 e. The molecule has 1 heterocycles. The highest BCUT2D eigenvalue weighted by Gasteiger charge is 2.19. The van der Waals surface area contributed by atoms with Crippen LogP contribution >= 0.6 is 11.3 Å². The van der Waals surface area contributed by atoms with Crippen molar-refractivity contribution < 1.29 is 8.78 Å². The first-order valence-electron chi connectivity index (χ1n) is 3.09. The first-order chi connectivity index (χ1) is 6.19. The standard InChI is InChI=1S/C6H2F2N4S/c7-4(8)6-12-11-5(13-6)3(1-9)2-10/h3-4H. The lowest BCUT2D eigenvalue weighted by Gasteiger charge is -1.88. The lowest BCUT2D eigenvalue weighted by molar-refractivity contribution is 0.150. The quantitative estimate of drug-likeness (QED) is 0.726. The van der Waals surface area contributed by atoms with Gasteiger partial charge in [0.1, 0.15) is 5.01 Å². The largest absolute Gasteiger partial charge is 0.291 e. The third-order valence-electron chi connectivity index (χ3n) is 1.15. The second kappa shape index (κ2) is 3.87. The summed E-state index contributed by atoms with van der Waals surface area (Å²) in [5.74, 6) is -1.11. The van der Waals surface area contributed by atoms with E-state index in [1.807, 2.05) is 0 Å². The van der Waals surface area contributed by atoms with Crippen LogP contribution in [0, 0.1) is 22.7 Å². The summed E-state index contributed by atoms with van der Waals surface area (Å²) in [6.07, 6.45) is -2.70. The number of rotatable bonds is 2. The van der Waals surface area contributed by atoms with Crippen LogP contribution < -0.4 is 0 Å². The molecule has 0 radical (unpaired) electrons. The van der Waals surface area contributed by atoms with E-state index in [1.54, 1.807) is 12.1 Å². The predicted octanol–water partition coefficient (Wildman–Crippen LogP) is 1.61. The Bertz CT molecular complexity index is 361. The van der Waals surface area contributed by atoms with Gasteiger partial charge in [0.2, 0.25) is 0 Å². The summed E-state index contributed by atoms with van der Waals surface area (Å²) >= 11 is 0.581. The van der Waals surface area contributed by atoms with Crippen LogP contribution in [-0.4, -0.2) is 10.2 Å². The van der Waals surface area contributed by atoms with Gasteiger partial charge in [-0.05, 0) is 0 Å². The van der Waals surface area contributed by atoms with Gasteiger partial charge >= 0.3 is 0 Å². The van der Waals surface area contributed by atoms with Crippen molar-refractivity contribution in [3.63, 3.8) is 0 Å². The van der Waals surface area contributed by atoms with E-state index in [0.29, 0.717) is 11.3 Å². The van der Waals surface area contributed by atoms with E-state index in [1.165, 1.54) is 0 Å². The molecule has 0 aliphatic rings. The predicted molar refractivity (Wildman–Crippen MR) is 38.8 cm³/mol. The topological polar surface area (TPSA) is 73.4 Å². The van der Waals surface area contributed by atoms with Gasteiger partial charge in [-0.25, -0.2) is 8.78 Å². The second-order valence-corrected chi connectivity index (χ2v) is 3.01. The van der Waals surface area contributed by atoms with Crippen LogP contribution in [-0.2, 0) is 0 Å². The average Bonchev–Trinajstić information content (AvgIpc) is 2.56. The maximum atomic E-state index is 12.0. The maximum Gasteiger partial charge on any atom is 0.291 e. The molecule has 0 unspecified atom stereocenters. The van der Waals surface area contributed by atoms with Crippen LogP contribution in [0.2, 0.25) is 0 Å². The Balaban J connectivity index is 2.94. The molecule has 0 saturated carbocycles. The smallest absolute Gasteiger partial charge is 0.202 e. The number of nitriles is 2. The normalized spacial score (nSPS) is 10.0. The Hall–Kier alpha value is -1.60. The molecular formula is C6H2F2N4S. The van der Waals surface area contributed by atoms with Crippen LogP contribution in [0.5, 0.6) is 0 Å². The van der Waals surface area contributed by atoms with Crippen molar-refractivity contribution in [2.75, 3.05) is 0 Å². The van der Waals surface area contributed by atoms with E-state index in [-0.39, 0.29) is 5.01 Å². The molecule has 0 aromatic carbocycles. The van der Waals surface area contributed by atoms with Crippen molar-refractivity contribution in [1.29, 1.82) is 10.5 Å². The highest BCUT2D eigenvalue weighted by molar-refractivity contribution is 7.11. The average molecular weight is 200 g/mol. The van der Waals surface area contributed by atoms with E-state index in [0.717, 1.165) is 0 Å². The molecule has 0 saturated heterocycles. The molecule has 1 aromatic rings. The molecule has 7 heteroatoms. The van der Waals surface area contributed by atoms with Crippen molar-refractivity contribution in [3.8, 4) is 12.1 Å². The molecule has 0 fully saturated rings. The molecule has 1 rings (SSSR count). The monoisotopic (exact) mass is 200 g/mol. The molecule has 13 heavy (non-hydrogen) atoms. The van der Waals surface area contributed by atoms with Gasteiger partial charge in [-0.3, -0.25) is 0 Å². The van der Waals surface area contributed by atoms with Crippen molar-refractivity contribution in [2.45, 2.75) is 12.3 Å². The van der Waals surface area contributed by atoms with Crippen molar-refractivity contribution in [1.82, 2.24) is 10.2 Å². The van der Waals surface area contributed by atoms with Gasteiger partial charge in [0, 0.05) is 0 Å². The van der Waals surface area contributed by atoms with E-state index < -0.39 is 17.4 Å². The Morgan fingerprint density at radius 2 is 1.69 bits per heavy atom. The fourth-order valence-corrected chi connectivity index (χ4v) is 1.28. The van der Waals surface area contributed by atoms with E-state index in [2.05, 4.69) is 10.2 Å². The fourth-order valence-electron chi connectivity index (χ4n) is 0.591. The van der Waals surface area contributed by atoms with E-state index in [9.17, 15) is 8.78 Å². The van der Waals surface area contributed by atoms with Crippen LogP contribution in [0.4, 0.5) is 8.78 Å². The number of nitrogens with zero attached hydrogens (tertiary/aromatic N) is 4. The summed E-state index contributed by atoms with van der Waals surface area (Å²) < 4.78 is 24.0. The van der Waals surface area contributed by atoms with Gasteiger partial charge in [0.15, 0.2) is 10.9 Å². The number of aromatic nitrogens is 2. The van der Waals surface area contributed by atoms with Crippen LogP contribution in [0.3, 0.4) is 0 Å². The Morgan fingerprint density at radius 1 is 1.15 bits per heavy atom. The zero-order chi connectivity index (χ0) is 9.84. The van der Waals surface area contributed by atoms with Gasteiger partial charge in [-0.2, -0.15) is 10.5 Å². The maximum absolute atomic E-state index is 12.0. The minimum atomic E-state index is -2.70. The van der Waals surface area contributed by atoms with Gasteiger partial charge in [-0.1, -0.05) is 11.3 Å². The highest BCUT2D eigenvalue weighted by atomic mass is 32.1. The Labute approximate surface area is 76.1 Å². The molecule has 0 bridgehead atoms. The molecule has 0 spiro atoms.